The second-order valence-electron chi connectivity index (χ2n) is 8.42. The monoisotopic (exact) mass is 471 g/mol. The Morgan fingerprint density at radius 2 is 1.57 bits per heavy atom. The quantitative estimate of drug-likeness (QED) is 0.418. The van der Waals surface area contributed by atoms with Crippen LogP contribution in [0.25, 0.3) is 0 Å². The Kier molecular flexibility index (Phi) is 9.62. The van der Waals surface area contributed by atoms with Crippen molar-refractivity contribution < 1.29 is 19.5 Å². The summed E-state index contributed by atoms with van der Waals surface area (Å²) in [7, 11) is 0. The molecule has 1 fully saturated rings. The largest absolute Gasteiger partial charge is 0.388 e. The van der Waals surface area contributed by atoms with Gasteiger partial charge in [-0.05, 0) is 72.7 Å². The maximum Gasteiger partial charge on any atom is 0.251 e. The van der Waals surface area contributed by atoms with Crippen LogP contribution in [0.5, 0.6) is 0 Å². The third-order valence-corrected chi connectivity index (χ3v) is 5.88. The van der Waals surface area contributed by atoms with Crippen molar-refractivity contribution in [2.45, 2.75) is 38.1 Å². The minimum absolute atomic E-state index is 0.0444. The highest BCUT2D eigenvalue weighted by Crippen LogP contribution is 2.30. The van der Waals surface area contributed by atoms with Gasteiger partial charge in [-0.2, -0.15) is 0 Å². The average Bonchev–Trinajstić information content (AvgIpc) is 2.85. The number of aliphatic hydroxyl groups excluding tert-OH is 1. The SMILES string of the molecule is NC[C@H](NC(=O)c1ccc(C#CC#Cc2ccc(NC(=O)CCC3CCC3)cc2)cc1)C(=O)CO. The standard InChI is InChI=1S/C28H29N3O4/c29-18-25(26(33)19-32)31-28(35)23-13-8-21(9-14-23)4-1-2-5-22-10-15-24(16-11-22)30-27(34)17-12-20-6-3-7-20/h8-11,13-16,20,25,32H,3,6-7,12,17-19,29H2,(H,30,34)(H,31,35)/t25-/m0/s1. The lowest BCUT2D eigenvalue weighted by atomic mass is 9.82. The maximum atomic E-state index is 12.2. The van der Waals surface area contributed by atoms with Crippen LogP contribution >= 0.6 is 0 Å². The molecule has 1 saturated carbocycles. The van der Waals surface area contributed by atoms with Gasteiger partial charge in [0.1, 0.15) is 12.6 Å². The average molecular weight is 472 g/mol. The molecule has 7 nitrogen and oxygen atoms in total. The Morgan fingerprint density at radius 1 is 0.971 bits per heavy atom. The molecule has 0 aliphatic heterocycles. The van der Waals surface area contributed by atoms with E-state index in [2.05, 4.69) is 34.3 Å². The highest BCUT2D eigenvalue weighted by Gasteiger charge is 2.19. The van der Waals surface area contributed by atoms with Gasteiger partial charge in [0, 0.05) is 35.3 Å². The van der Waals surface area contributed by atoms with Crippen molar-refractivity contribution in [2.75, 3.05) is 18.5 Å². The minimum Gasteiger partial charge on any atom is -0.388 e. The summed E-state index contributed by atoms with van der Waals surface area (Å²) in [5, 5.41) is 14.3. The van der Waals surface area contributed by atoms with Crippen LogP contribution < -0.4 is 16.4 Å². The van der Waals surface area contributed by atoms with Gasteiger partial charge in [-0.15, -0.1) is 0 Å². The zero-order valence-electron chi connectivity index (χ0n) is 19.5. The molecule has 0 radical (unpaired) electrons. The molecule has 1 aliphatic rings. The summed E-state index contributed by atoms with van der Waals surface area (Å²) >= 11 is 0. The van der Waals surface area contributed by atoms with E-state index < -0.39 is 24.3 Å². The van der Waals surface area contributed by atoms with Crippen LogP contribution in [0.3, 0.4) is 0 Å². The van der Waals surface area contributed by atoms with Gasteiger partial charge in [0.15, 0.2) is 5.78 Å². The normalized spacial score (nSPS) is 13.2. The van der Waals surface area contributed by atoms with Gasteiger partial charge in [-0.1, -0.05) is 31.1 Å². The molecule has 0 aromatic heterocycles. The van der Waals surface area contributed by atoms with Crippen LogP contribution in [0.1, 0.15) is 53.6 Å². The third-order valence-electron chi connectivity index (χ3n) is 5.88. The molecule has 180 valence electrons. The third kappa shape index (κ3) is 8.12. The van der Waals surface area contributed by atoms with E-state index in [1.54, 1.807) is 24.3 Å². The molecule has 0 unspecified atom stereocenters. The molecular weight excluding hydrogens is 442 g/mol. The van der Waals surface area contributed by atoms with Crippen LogP contribution in [-0.4, -0.2) is 41.9 Å². The Bertz CT molecular complexity index is 1160. The number of carbonyl (C=O) groups excluding carboxylic acids is 3. The van der Waals surface area contributed by atoms with Crippen LogP contribution in [0.15, 0.2) is 48.5 Å². The minimum atomic E-state index is -0.926. The van der Waals surface area contributed by atoms with E-state index in [1.807, 2.05) is 24.3 Å². The molecule has 2 aromatic rings. The van der Waals surface area contributed by atoms with Gasteiger partial charge >= 0.3 is 0 Å². The van der Waals surface area contributed by atoms with Crippen LogP contribution in [-0.2, 0) is 9.59 Å². The van der Waals surface area contributed by atoms with Gasteiger partial charge in [0.05, 0.1) is 0 Å². The number of Topliss-reactive ketones (excluding diaryl/α,β-unsaturated/α-hetero) is 1. The predicted octanol–water partition coefficient (Wildman–Crippen LogP) is 2.23. The van der Waals surface area contributed by atoms with Crippen molar-refractivity contribution in [3.63, 3.8) is 0 Å². The first-order valence-electron chi connectivity index (χ1n) is 11.6. The molecule has 1 aliphatic carbocycles. The van der Waals surface area contributed by atoms with E-state index in [1.165, 1.54) is 19.3 Å². The molecular formula is C28H29N3O4. The van der Waals surface area contributed by atoms with Gasteiger partial charge < -0.3 is 21.5 Å². The molecule has 2 amide bonds. The second-order valence-corrected chi connectivity index (χ2v) is 8.42. The number of benzene rings is 2. The molecule has 5 N–H and O–H groups in total. The molecule has 0 saturated heterocycles. The van der Waals surface area contributed by atoms with Crippen molar-refractivity contribution in [3.05, 3.63) is 65.2 Å². The summed E-state index contributed by atoms with van der Waals surface area (Å²) in [6.45, 7) is -0.774. The van der Waals surface area contributed by atoms with E-state index >= 15 is 0 Å². The predicted molar refractivity (Wildman–Crippen MR) is 134 cm³/mol. The van der Waals surface area contributed by atoms with Gasteiger partial charge in [0.2, 0.25) is 5.91 Å². The van der Waals surface area contributed by atoms with E-state index in [0.717, 1.165) is 23.6 Å². The zero-order chi connectivity index (χ0) is 25.0. The number of aliphatic hydroxyl groups is 1. The van der Waals surface area contributed by atoms with Crippen molar-refractivity contribution in [1.82, 2.24) is 5.32 Å². The van der Waals surface area contributed by atoms with E-state index in [9.17, 15) is 14.4 Å². The van der Waals surface area contributed by atoms with Crippen molar-refractivity contribution in [2.24, 2.45) is 11.7 Å². The van der Waals surface area contributed by atoms with E-state index in [4.69, 9.17) is 10.8 Å². The Hall–Kier alpha value is -3.91. The summed E-state index contributed by atoms with van der Waals surface area (Å²) in [5.41, 5.74) is 8.03. The van der Waals surface area contributed by atoms with Crippen molar-refractivity contribution >= 4 is 23.3 Å². The summed E-state index contributed by atoms with van der Waals surface area (Å²) in [6.07, 6.45) is 5.31. The molecule has 2 aromatic carbocycles. The maximum absolute atomic E-state index is 12.2. The van der Waals surface area contributed by atoms with Gasteiger partial charge in [-0.25, -0.2) is 0 Å². The fourth-order valence-corrected chi connectivity index (χ4v) is 3.51. The lowest BCUT2D eigenvalue weighted by molar-refractivity contribution is -0.123. The van der Waals surface area contributed by atoms with Crippen LogP contribution in [0, 0.1) is 29.6 Å². The fraction of sp³-hybridized carbons (Fsp3) is 0.321. The number of anilines is 1. The Balaban J connectivity index is 1.49. The van der Waals surface area contributed by atoms with Crippen LogP contribution in [0.4, 0.5) is 5.69 Å². The molecule has 0 bridgehead atoms. The lowest BCUT2D eigenvalue weighted by Gasteiger charge is -2.24. The van der Waals surface area contributed by atoms with Gasteiger partial charge in [0.25, 0.3) is 5.91 Å². The van der Waals surface area contributed by atoms with E-state index in [-0.39, 0.29) is 12.5 Å². The zero-order valence-corrected chi connectivity index (χ0v) is 19.5. The molecule has 35 heavy (non-hydrogen) atoms. The highest BCUT2D eigenvalue weighted by molar-refractivity contribution is 5.98. The first-order chi connectivity index (χ1) is 17.0. The fourth-order valence-electron chi connectivity index (χ4n) is 3.51. The second kappa shape index (κ2) is 13.1. The molecule has 0 heterocycles. The summed E-state index contributed by atoms with van der Waals surface area (Å²) in [4.78, 5) is 35.8. The smallest absolute Gasteiger partial charge is 0.251 e. The number of carbonyl (C=O) groups is 3. The molecule has 1 atom stereocenters. The number of amides is 2. The van der Waals surface area contributed by atoms with Gasteiger partial charge in [-0.3, -0.25) is 14.4 Å². The summed E-state index contributed by atoms with van der Waals surface area (Å²) in [6, 6.07) is 12.9. The Labute approximate surface area is 205 Å². The van der Waals surface area contributed by atoms with E-state index in [0.29, 0.717) is 17.5 Å². The Morgan fingerprint density at radius 3 is 2.09 bits per heavy atom. The molecule has 7 heteroatoms. The summed E-state index contributed by atoms with van der Waals surface area (Å²) in [5.74, 6) is 11.2. The topological polar surface area (TPSA) is 122 Å². The first kappa shape index (κ1) is 25.7. The van der Waals surface area contributed by atoms with Crippen molar-refractivity contribution in [3.8, 4) is 23.7 Å². The number of nitrogens with two attached hydrogens (primary N) is 1. The molecule has 3 rings (SSSR count). The number of nitrogens with one attached hydrogen (secondary N) is 2. The lowest BCUT2D eigenvalue weighted by Crippen LogP contribution is -2.46. The number of hydrogen-bond acceptors (Lipinski definition) is 5. The van der Waals surface area contributed by atoms with Crippen LogP contribution in [0.2, 0.25) is 0 Å². The van der Waals surface area contributed by atoms with Crippen molar-refractivity contribution in [1.29, 1.82) is 0 Å². The number of rotatable bonds is 9. The molecule has 0 spiro atoms. The number of hydrogen-bond donors (Lipinski definition) is 4. The number of ketones is 1. The highest BCUT2D eigenvalue weighted by atomic mass is 16.3. The first-order valence-corrected chi connectivity index (χ1v) is 11.6. The summed E-state index contributed by atoms with van der Waals surface area (Å²) < 4.78 is 0.